The molecule has 40 heavy (non-hydrogen) atoms. The Labute approximate surface area is 227 Å². The number of carboxylic acid groups (broad SMARTS) is 1. The number of hydrogen-bond acceptors (Lipinski definition) is 6. The van der Waals surface area contributed by atoms with Gasteiger partial charge in [-0.2, -0.15) is 13.2 Å². The molecule has 1 fully saturated rings. The van der Waals surface area contributed by atoms with E-state index < -0.39 is 29.9 Å². The van der Waals surface area contributed by atoms with E-state index in [2.05, 4.69) is 5.32 Å². The number of nitrogens with zero attached hydrogens (tertiary/aromatic N) is 1. The molecular weight excluding hydrogens is 525 g/mol. The fourth-order valence-electron chi connectivity index (χ4n) is 4.94. The zero-order valence-corrected chi connectivity index (χ0v) is 21.8. The normalized spacial score (nSPS) is 16.6. The largest absolute Gasteiger partial charge is 0.478 e. The van der Waals surface area contributed by atoms with Crippen LogP contribution in [0.1, 0.15) is 51.7 Å². The second-order valence-corrected chi connectivity index (χ2v) is 9.82. The Morgan fingerprint density at radius 3 is 2.52 bits per heavy atom. The maximum absolute atomic E-state index is 13.2. The Bertz CT molecular complexity index is 1610. The molecule has 7 nitrogen and oxygen atoms in total. The molecular formula is C30H27F3N2O5. The number of morpholine rings is 1. The van der Waals surface area contributed by atoms with Crippen molar-refractivity contribution in [1.29, 1.82) is 0 Å². The van der Waals surface area contributed by atoms with E-state index in [1.54, 1.807) is 24.3 Å². The first-order valence-electron chi connectivity index (χ1n) is 12.7. The summed E-state index contributed by atoms with van der Waals surface area (Å²) >= 11 is 0. The first-order valence-corrected chi connectivity index (χ1v) is 12.7. The molecule has 0 aliphatic carbocycles. The van der Waals surface area contributed by atoms with Crippen LogP contribution in [0, 0.1) is 6.92 Å². The van der Waals surface area contributed by atoms with Crippen LogP contribution in [-0.4, -0.2) is 30.8 Å². The van der Waals surface area contributed by atoms with Crippen molar-refractivity contribution in [1.82, 2.24) is 0 Å². The lowest BCUT2D eigenvalue weighted by molar-refractivity contribution is -0.137. The maximum Gasteiger partial charge on any atom is 0.416 e. The van der Waals surface area contributed by atoms with Gasteiger partial charge in [-0.3, -0.25) is 4.79 Å². The van der Waals surface area contributed by atoms with Crippen molar-refractivity contribution in [2.45, 2.75) is 32.2 Å². The Kier molecular flexibility index (Phi) is 7.29. The van der Waals surface area contributed by atoms with E-state index in [1.807, 2.05) is 24.8 Å². The molecule has 1 aliphatic rings. The zero-order valence-electron chi connectivity index (χ0n) is 21.8. The minimum atomic E-state index is -4.43. The summed E-state index contributed by atoms with van der Waals surface area (Å²) in [6.07, 6.45) is -4.94. The van der Waals surface area contributed by atoms with Crippen molar-refractivity contribution in [2.24, 2.45) is 0 Å². The molecule has 5 rings (SSSR count). The quantitative estimate of drug-likeness (QED) is 0.280. The van der Waals surface area contributed by atoms with Crippen molar-refractivity contribution in [2.75, 3.05) is 29.9 Å². The van der Waals surface area contributed by atoms with Gasteiger partial charge >= 0.3 is 12.1 Å². The van der Waals surface area contributed by atoms with Crippen molar-refractivity contribution in [3.63, 3.8) is 0 Å². The van der Waals surface area contributed by atoms with Gasteiger partial charge in [0, 0.05) is 23.9 Å². The summed E-state index contributed by atoms with van der Waals surface area (Å²) in [5, 5.41) is 13.2. The third kappa shape index (κ3) is 5.53. The van der Waals surface area contributed by atoms with Crippen LogP contribution in [0.4, 0.5) is 24.7 Å². The van der Waals surface area contributed by atoms with Gasteiger partial charge in [0.05, 0.1) is 35.7 Å². The van der Waals surface area contributed by atoms with Crippen molar-refractivity contribution in [3.8, 4) is 0 Å². The molecule has 3 aromatic carbocycles. The molecule has 0 radical (unpaired) electrons. The molecule has 2 N–H and O–H groups in total. The Hall–Kier alpha value is -4.31. The zero-order chi connectivity index (χ0) is 28.6. The van der Waals surface area contributed by atoms with Crippen LogP contribution >= 0.6 is 0 Å². The average molecular weight is 553 g/mol. The summed E-state index contributed by atoms with van der Waals surface area (Å²) < 4.78 is 51.1. The number of hydrogen-bond donors (Lipinski definition) is 2. The molecule has 10 heteroatoms. The van der Waals surface area contributed by atoms with Gasteiger partial charge < -0.3 is 24.5 Å². The lowest BCUT2D eigenvalue weighted by atomic mass is 10.0. The number of rotatable bonds is 6. The van der Waals surface area contributed by atoms with E-state index in [9.17, 15) is 27.9 Å². The Morgan fingerprint density at radius 2 is 1.82 bits per heavy atom. The van der Waals surface area contributed by atoms with Crippen molar-refractivity contribution >= 4 is 28.5 Å². The van der Waals surface area contributed by atoms with E-state index >= 15 is 0 Å². The molecule has 0 saturated carbocycles. The van der Waals surface area contributed by atoms with E-state index in [-0.39, 0.29) is 24.1 Å². The predicted octanol–water partition coefficient (Wildman–Crippen LogP) is 6.57. The summed E-state index contributed by atoms with van der Waals surface area (Å²) in [5.74, 6) is -0.742. The van der Waals surface area contributed by atoms with Crippen LogP contribution in [-0.2, 0) is 10.9 Å². The van der Waals surface area contributed by atoms with Gasteiger partial charge in [-0.15, -0.1) is 0 Å². The number of alkyl halides is 3. The summed E-state index contributed by atoms with van der Waals surface area (Å²) in [6, 6.07) is 16.1. The first kappa shape index (κ1) is 27.3. The third-order valence-electron chi connectivity index (χ3n) is 6.97. The second-order valence-electron chi connectivity index (χ2n) is 9.82. The summed E-state index contributed by atoms with van der Waals surface area (Å²) in [7, 11) is 0. The van der Waals surface area contributed by atoms with Crippen molar-refractivity contribution in [3.05, 3.63) is 105 Å². The Morgan fingerprint density at radius 1 is 1.10 bits per heavy atom. The molecule has 1 unspecified atom stereocenters. The summed E-state index contributed by atoms with van der Waals surface area (Å²) in [6.45, 7) is 4.71. The number of carboxylic acids is 1. The molecule has 0 amide bonds. The number of benzene rings is 3. The molecule has 0 bridgehead atoms. The number of nitrogens with one attached hydrogen (secondary N) is 1. The molecule has 1 saturated heterocycles. The minimum absolute atomic E-state index is 0.121. The highest BCUT2D eigenvalue weighted by Crippen LogP contribution is 2.34. The topological polar surface area (TPSA) is 92.0 Å². The predicted molar refractivity (Wildman–Crippen MR) is 145 cm³/mol. The van der Waals surface area contributed by atoms with Gasteiger partial charge in [0.1, 0.15) is 11.7 Å². The van der Waals surface area contributed by atoms with Gasteiger partial charge in [-0.1, -0.05) is 30.3 Å². The minimum Gasteiger partial charge on any atom is -0.478 e. The highest BCUT2D eigenvalue weighted by molar-refractivity contribution is 5.94. The van der Waals surface area contributed by atoms with Gasteiger partial charge in [0.2, 0.25) is 0 Å². The molecule has 1 aromatic heterocycles. The highest BCUT2D eigenvalue weighted by atomic mass is 19.4. The van der Waals surface area contributed by atoms with Gasteiger partial charge in [0.25, 0.3) is 0 Å². The highest BCUT2D eigenvalue weighted by Gasteiger charge is 2.31. The van der Waals surface area contributed by atoms with Crippen LogP contribution in [0.3, 0.4) is 0 Å². The lowest BCUT2D eigenvalue weighted by Crippen LogP contribution is -2.38. The number of aromatic carboxylic acids is 1. The van der Waals surface area contributed by atoms with Crippen LogP contribution in [0.25, 0.3) is 11.0 Å². The fraction of sp³-hybridized carbons (Fsp3) is 0.267. The lowest BCUT2D eigenvalue weighted by Gasteiger charge is -2.33. The molecule has 2 atom stereocenters. The number of carbonyl (C=O) groups is 1. The van der Waals surface area contributed by atoms with E-state index in [1.165, 1.54) is 24.3 Å². The molecule has 2 heterocycles. The smallest absolute Gasteiger partial charge is 0.416 e. The maximum atomic E-state index is 13.2. The van der Waals surface area contributed by atoms with E-state index in [4.69, 9.17) is 9.15 Å². The number of fused-ring (bicyclic) bond motifs is 1. The van der Waals surface area contributed by atoms with Crippen molar-refractivity contribution < 1.29 is 32.2 Å². The third-order valence-corrected chi connectivity index (χ3v) is 6.97. The number of halogens is 3. The SMILES string of the molecule is Cc1cc(C(C)Nc2ccccc2C(=O)O)c2oc(N3CCO[C@H](c4ccc(C(F)(F)F)cc4)C3)cc(=O)c2c1. The van der Waals surface area contributed by atoms with Crippen LogP contribution in [0.2, 0.25) is 0 Å². The van der Waals surface area contributed by atoms with Gasteiger partial charge in [0.15, 0.2) is 11.3 Å². The van der Waals surface area contributed by atoms with Gasteiger partial charge in [-0.05, 0) is 55.3 Å². The second kappa shape index (κ2) is 10.7. The number of para-hydroxylation sites is 1. The first-order chi connectivity index (χ1) is 19.0. The fourth-order valence-corrected chi connectivity index (χ4v) is 4.94. The number of aryl methyl sites for hydroxylation is 1. The van der Waals surface area contributed by atoms with Crippen LogP contribution < -0.4 is 15.6 Å². The Balaban J connectivity index is 1.47. The molecule has 4 aromatic rings. The van der Waals surface area contributed by atoms with E-state index in [0.717, 1.165) is 17.7 Å². The van der Waals surface area contributed by atoms with Gasteiger partial charge in [-0.25, -0.2) is 4.79 Å². The summed E-state index contributed by atoms with van der Waals surface area (Å²) in [5.41, 5.74) is 2.07. The molecule has 1 aliphatic heterocycles. The molecule has 208 valence electrons. The monoisotopic (exact) mass is 552 g/mol. The standard InChI is InChI=1S/C30H27F3N2O5/c1-17-13-22(18(2)34-24-6-4-3-5-21(24)29(37)38)28-23(14-17)25(36)15-27(40-28)35-11-12-39-26(16-35)19-7-9-20(10-8-19)30(31,32)33/h3-10,13-15,18,26,34H,11-12,16H2,1-2H3,(H,37,38)/t18?,26-/m0/s1. The summed E-state index contributed by atoms with van der Waals surface area (Å²) in [4.78, 5) is 26.8. The van der Waals surface area contributed by atoms with Crippen LogP contribution in [0.5, 0.6) is 0 Å². The van der Waals surface area contributed by atoms with Crippen LogP contribution in [0.15, 0.2) is 75.9 Å². The average Bonchev–Trinajstić information content (AvgIpc) is 2.93. The van der Waals surface area contributed by atoms with E-state index in [0.29, 0.717) is 40.2 Å². The molecule has 0 spiro atoms. The number of anilines is 2. The number of ether oxygens (including phenoxy) is 1.